The second-order valence-corrected chi connectivity index (χ2v) is 16.1. The molecule has 324 valence electrons. The van der Waals surface area contributed by atoms with Crippen LogP contribution < -0.4 is 10.6 Å². The van der Waals surface area contributed by atoms with Gasteiger partial charge in [-0.05, 0) is 80.2 Å². The zero-order valence-electron chi connectivity index (χ0n) is 37.0. The maximum absolute atomic E-state index is 13.8. The van der Waals surface area contributed by atoms with E-state index in [1.165, 1.54) is 14.2 Å². The predicted octanol–water partition coefficient (Wildman–Crippen LogP) is 7.68. The van der Waals surface area contributed by atoms with E-state index in [-0.39, 0.29) is 36.2 Å². The number of alkyl carbamates (subject to hydrolysis) is 2. The minimum Gasteiger partial charge on any atom is -0.453 e. The summed E-state index contributed by atoms with van der Waals surface area (Å²) in [6.45, 7) is 14.4. The van der Waals surface area contributed by atoms with Crippen LogP contribution in [0, 0.1) is 35.5 Å². The molecule has 2 aromatic heterocycles. The Morgan fingerprint density at radius 3 is 2.16 bits per heavy atom. The molecule has 3 aromatic carbocycles. The van der Waals surface area contributed by atoms with Gasteiger partial charge < -0.3 is 39.9 Å². The van der Waals surface area contributed by atoms with Gasteiger partial charge in [-0.15, -0.1) is 11.8 Å². The number of H-pyrrole nitrogens is 2. The van der Waals surface area contributed by atoms with Crippen LogP contribution in [0.25, 0.3) is 44.2 Å². The zero-order valence-corrected chi connectivity index (χ0v) is 37.0. The van der Waals surface area contributed by atoms with E-state index in [9.17, 15) is 19.2 Å². The first-order chi connectivity index (χ1) is 29.8. The van der Waals surface area contributed by atoms with Crippen molar-refractivity contribution in [2.45, 2.75) is 92.4 Å². The average molecular weight is 841 g/mol. The summed E-state index contributed by atoms with van der Waals surface area (Å²) < 4.78 is 9.58. The lowest BCUT2D eigenvalue weighted by atomic mass is 9.90. The van der Waals surface area contributed by atoms with Crippen LogP contribution >= 0.6 is 0 Å². The summed E-state index contributed by atoms with van der Waals surface area (Å²) in [7, 11) is 2.56. The van der Waals surface area contributed by atoms with Crippen molar-refractivity contribution in [2.75, 3.05) is 27.3 Å². The van der Waals surface area contributed by atoms with E-state index in [1.54, 1.807) is 24.9 Å². The maximum atomic E-state index is 13.8. The highest BCUT2D eigenvalue weighted by Gasteiger charge is 2.38. The highest BCUT2D eigenvalue weighted by Crippen LogP contribution is 2.37. The molecule has 1 aliphatic heterocycles. The number of carbonyl (C=O) groups excluding carboxylic acids is 4. The van der Waals surface area contributed by atoms with Crippen LogP contribution in [0.2, 0.25) is 0 Å². The van der Waals surface area contributed by atoms with Crippen molar-refractivity contribution in [3.63, 3.8) is 0 Å². The zero-order chi connectivity index (χ0) is 44.7. The number of ether oxygens (including phenoxy) is 2. The Morgan fingerprint density at radius 1 is 0.887 bits per heavy atom. The Hall–Kier alpha value is -6.80. The summed E-state index contributed by atoms with van der Waals surface area (Å²) in [5.74, 6) is 13.5. The normalized spacial score (nSPS) is 14.5. The highest BCUT2D eigenvalue weighted by molar-refractivity contribution is 6.06. The van der Waals surface area contributed by atoms with Crippen LogP contribution in [0.3, 0.4) is 0 Å². The molecule has 14 nitrogen and oxygen atoms in total. The van der Waals surface area contributed by atoms with Crippen LogP contribution in [-0.2, 0) is 25.6 Å². The van der Waals surface area contributed by atoms with Gasteiger partial charge in [-0.3, -0.25) is 9.59 Å². The highest BCUT2D eigenvalue weighted by atomic mass is 16.5. The first-order valence-electron chi connectivity index (χ1n) is 21.1. The number of nitrogens with zero attached hydrogens (tertiary/aromatic N) is 4. The van der Waals surface area contributed by atoms with Crippen molar-refractivity contribution in [1.82, 2.24) is 40.4 Å². The van der Waals surface area contributed by atoms with Crippen LogP contribution in [0.4, 0.5) is 9.59 Å². The summed E-state index contributed by atoms with van der Waals surface area (Å²) in [4.78, 5) is 71.8. The van der Waals surface area contributed by atoms with Crippen LogP contribution in [0.1, 0.15) is 96.5 Å². The van der Waals surface area contributed by atoms with Crippen LogP contribution in [-0.4, -0.2) is 93.1 Å². The molecule has 1 aliphatic rings. The molecule has 6 rings (SSSR count). The molecule has 0 radical (unpaired) electrons. The van der Waals surface area contributed by atoms with Gasteiger partial charge in [-0.25, -0.2) is 19.6 Å². The molecule has 0 saturated carbocycles. The number of nitrogens with one attached hydrogen (secondary N) is 4. The van der Waals surface area contributed by atoms with Gasteiger partial charge in [0.1, 0.15) is 23.7 Å². The molecular formula is C48H56N8O6. The standard InChI is InChI=1S/C48H56N8O6/c1-10-14-31-24-34(37-26-49-39(50-37)27-55(21-12-3)45(57)41(28(4)5)53-47(59)61-8)25-32(15-11-2)40(31)33-17-19-35-30(23-33)18-20-36-43(35)52-44(51-36)38-16-13-22-56(38)46(58)42(29(6)7)54-48(60)62-9/h17-20,23-26,28-29,38,41-42H,12-13,16,21-22,27H2,1-9H3,(H,49,50)(H,51,52)(H,53,59)(H,54,60). The summed E-state index contributed by atoms with van der Waals surface area (Å²) in [5, 5.41) is 7.34. The first kappa shape index (κ1) is 44.7. The van der Waals surface area contributed by atoms with E-state index in [0.29, 0.717) is 24.7 Å². The number of likely N-dealkylation sites (tertiary alicyclic amines) is 1. The molecule has 5 aromatic rings. The molecule has 14 heteroatoms. The van der Waals surface area contributed by atoms with Gasteiger partial charge in [0.25, 0.3) is 0 Å². The Labute approximate surface area is 362 Å². The molecule has 3 unspecified atom stereocenters. The fourth-order valence-electron chi connectivity index (χ4n) is 8.11. The lowest BCUT2D eigenvalue weighted by molar-refractivity contribution is -0.136. The number of amides is 4. The molecule has 3 atom stereocenters. The number of rotatable bonds is 13. The van der Waals surface area contributed by atoms with Crippen molar-refractivity contribution in [3.8, 4) is 46.1 Å². The minimum absolute atomic E-state index is 0.132. The number of aromatic nitrogens is 4. The Bertz CT molecular complexity index is 2560. The SMILES string of the molecule is CC#Cc1cc(-c2cnc(CN(CCC)C(=O)C(NC(=O)OC)C(C)C)[nH]2)cc(C#CC)c1-c1ccc2c(ccc3[nH]c(C4CCCN4C(=O)C(NC(=O)OC)C(C)C)nc32)c1. The quantitative estimate of drug-likeness (QED) is 0.0874. The molecular weight excluding hydrogens is 785 g/mol. The first-order valence-corrected chi connectivity index (χ1v) is 21.1. The van der Waals surface area contributed by atoms with E-state index in [0.717, 1.165) is 74.6 Å². The predicted molar refractivity (Wildman–Crippen MR) is 239 cm³/mol. The molecule has 1 saturated heterocycles. The average Bonchev–Trinajstić information content (AvgIpc) is 4.04. The van der Waals surface area contributed by atoms with Gasteiger partial charge in [0.2, 0.25) is 11.8 Å². The van der Waals surface area contributed by atoms with E-state index in [1.807, 2.05) is 57.7 Å². The van der Waals surface area contributed by atoms with Crippen molar-refractivity contribution >= 4 is 45.8 Å². The monoisotopic (exact) mass is 840 g/mol. The number of imidazole rings is 2. The minimum atomic E-state index is -0.749. The summed E-state index contributed by atoms with van der Waals surface area (Å²) in [6.07, 6.45) is 2.76. The summed E-state index contributed by atoms with van der Waals surface area (Å²) in [5.41, 5.74) is 6.71. The van der Waals surface area contributed by atoms with Gasteiger partial charge in [-0.1, -0.05) is 64.7 Å². The Kier molecular flexibility index (Phi) is 14.2. The van der Waals surface area contributed by atoms with Crippen molar-refractivity contribution in [2.24, 2.45) is 11.8 Å². The molecule has 4 amide bonds. The van der Waals surface area contributed by atoms with Crippen molar-refractivity contribution in [1.29, 1.82) is 0 Å². The van der Waals surface area contributed by atoms with Crippen molar-refractivity contribution in [3.05, 3.63) is 71.4 Å². The molecule has 3 heterocycles. The van der Waals surface area contributed by atoms with Crippen LogP contribution in [0.5, 0.6) is 0 Å². The Morgan fingerprint density at radius 2 is 1.55 bits per heavy atom. The fraction of sp³-hybridized carbons (Fsp3) is 0.417. The van der Waals surface area contributed by atoms with Gasteiger partial charge in [0.05, 0.1) is 49.7 Å². The number of hydrogen-bond acceptors (Lipinski definition) is 8. The number of hydrogen-bond donors (Lipinski definition) is 4. The lowest BCUT2D eigenvalue weighted by Gasteiger charge is -2.29. The molecule has 0 bridgehead atoms. The third-order valence-corrected chi connectivity index (χ3v) is 11.2. The van der Waals surface area contributed by atoms with Gasteiger partial charge in [0, 0.05) is 40.7 Å². The van der Waals surface area contributed by atoms with Gasteiger partial charge in [-0.2, -0.15) is 0 Å². The number of carbonyl (C=O) groups is 4. The van der Waals surface area contributed by atoms with E-state index in [4.69, 9.17) is 14.5 Å². The third-order valence-electron chi connectivity index (χ3n) is 11.2. The van der Waals surface area contributed by atoms with Gasteiger partial charge >= 0.3 is 12.2 Å². The fourth-order valence-corrected chi connectivity index (χ4v) is 8.11. The third kappa shape index (κ3) is 9.55. The van der Waals surface area contributed by atoms with E-state index < -0.39 is 24.3 Å². The van der Waals surface area contributed by atoms with Gasteiger partial charge in [0.15, 0.2) is 0 Å². The topological polar surface area (TPSA) is 175 Å². The molecule has 1 fully saturated rings. The number of fused-ring (bicyclic) bond motifs is 3. The smallest absolute Gasteiger partial charge is 0.407 e. The van der Waals surface area contributed by atoms with Crippen LogP contribution in [0.15, 0.2) is 48.7 Å². The Balaban J connectivity index is 1.31. The molecule has 0 spiro atoms. The second-order valence-electron chi connectivity index (χ2n) is 16.1. The largest absolute Gasteiger partial charge is 0.453 e. The van der Waals surface area contributed by atoms with E-state index >= 15 is 0 Å². The molecule has 62 heavy (non-hydrogen) atoms. The summed E-state index contributed by atoms with van der Waals surface area (Å²) in [6, 6.07) is 12.7. The number of benzene rings is 3. The molecule has 4 N–H and O–H groups in total. The lowest BCUT2D eigenvalue weighted by Crippen LogP contribution is -2.51. The summed E-state index contributed by atoms with van der Waals surface area (Å²) >= 11 is 0. The maximum Gasteiger partial charge on any atom is 0.407 e. The van der Waals surface area contributed by atoms with E-state index in [2.05, 4.69) is 73.5 Å². The second kappa shape index (κ2) is 19.7. The number of aromatic amines is 2. The van der Waals surface area contributed by atoms with Crippen molar-refractivity contribution < 1.29 is 28.7 Å². The molecule has 0 aliphatic carbocycles. The number of methoxy groups -OCH3 is 2.